The van der Waals surface area contributed by atoms with E-state index in [-0.39, 0.29) is 64.4 Å². The maximum atomic E-state index is 11.7. The lowest BCUT2D eigenvalue weighted by Gasteiger charge is -2.19. The molecule has 0 spiro atoms. The van der Waals surface area contributed by atoms with Crippen LogP contribution in [0.1, 0.15) is 153 Å². The van der Waals surface area contributed by atoms with Crippen LogP contribution in [0.3, 0.4) is 0 Å². The zero-order chi connectivity index (χ0) is 29.7. The number of ether oxygens (including phenoxy) is 2. The zero-order valence-corrected chi connectivity index (χ0v) is 26.8. The number of halogens is 3. The van der Waals surface area contributed by atoms with Gasteiger partial charge in [0.2, 0.25) is 0 Å². The second kappa shape index (κ2) is 34.2. The molecule has 3 N–H and O–H groups in total. The fourth-order valence-electron chi connectivity index (χ4n) is 3.18. The Balaban J connectivity index is -0.000000113. The molecule has 0 aliphatic rings. The van der Waals surface area contributed by atoms with Crippen molar-refractivity contribution in [1.29, 1.82) is 0 Å². The smallest absolute Gasteiger partial charge is 0.306 e. The molecule has 0 radical (unpaired) electrons. The first-order valence-electron chi connectivity index (χ1n) is 14.7. The van der Waals surface area contributed by atoms with E-state index in [1.165, 1.54) is 0 Å². The number of nitrogens with two attached hydrogens (primary N) is 1. The number of unbranched alkanes of at least 4 members (excludes halogenated alkanes) is 11. The van der Waals surface area contributed by atoms with E-state index in [2.05, 4.69) is 0 Å². The molecule has 0 saturated heterocycles. The summed E-state index contributed by atoms with van der Waals surface area (Å²) in [5, 5.41) is 8.56. The van der Waals surface area contributed by atoms with E-state index >= 15 is 0 Å². The first kappa shape index (κ1) is 48.7. The third kappa shape index (κ3) is 53.3. The van der Waals surface area contributed by atoms with Crippen LogP contribution in [0.15, 0.2) is 0 Å². The normalized spacial score (nSPS) is 10.6. The summed E-state index contributed by atoms with van der Waals surface area (Å²) >= 11 is 0. The first-order chi connectivity index (χ1) is 17.8. The van der Waals surface area contributed by atoms with Gasteiger partial charge < -0.3 is 20.3 Å². The van der Waals surface area contributed by atoms with E-state index in [0.717, 1.165) is 83.6 Å². The molecule has 0 aromatic carbocycles. The van der Waals surface area contributed by atoms with Gasteiger partial charge in [-0.2, -0.15) is 0 Å². The molecule has 0 rings (SSSR count). The van der Waals surface area contributed by atoms with Gasteiger partial charge in [-0.05, 0) is 86.6 Å². The molecule has 6 nitrogen and oxygen atoms in total. The van der Waals surface area contributed by atoms with Crippen molar-refractivity contribution in [2.75, 3.05) is 26.5 Å². The molecule has 9 heteroatoms. The highest BCUT2D eigenvalue weighted by Crippen LogP contribution is 2.12. The number of alkyl halides is 2. The van der Waals surface area contributed by atoms with Crippen molar-refractivity contribution in [2.24, 2.45) is 5.73 Å². The van der Waals surface area contributed by atoms with Gasteiger partial charge in [0.15, 0.2) is 0 Å². The summed E-state index contributed by atoms with van der Waals surface area (Å²) in [5.41, 5.74) is 4.47. The Bertz CT molecular complexity index is 488. The van der Waals surface area contributed by atoms with Gasteiger partial charge in [0.1, 0.15) is 11.2 Å². The molecular formula is C31H68ClF2NO5. The monoisotopic (exact) mass is 608 g/mol. The predicted octanol–water partition coefficient (Wildman–Crippen LogP) is 9.08. The van der Waals surface area contributed by atoms with Gasteiger partial charge in [-0.15, -0.1) is 12.4 Å². The maximum Gasteiger partial charge on any atom is 0.306 e. The van der Waals surface area contributed by atoms with E-state index < -0.39 is 0 Å². The molecule has 0 saturated carbocycles. The molecule has 0 atom stereocenters. The van der Waals surface area contributed by atoms with Crippen LogP contribution in [0.2, 0.25) is 0 Å². The molecule has 40 heavy (non-hydrogen) atoms. The Kier molecular flexibility index (Phi) is 41.7. The van der Waals surface area contributed by atoms with Crippen LogP contribution in [0.4, 0.5) is 8.78 Å². The molecule has 0 fully saturated rings. The van der Waals surface area contributed by atoms with Crippen LogP contribution in [0.5, 0.6) is 0 Å². The Morgan fingerprint density at radius 2 is 0.925 bits per heavy atom. The average Bonchev–Trinajstić information content (AvgIpc) is 2.80. The Morgan fingerprint density at radius 3 is 1.23 bits per heavy atom. The third-order valence-electron chi connectivity index (χ3n) is 4.98. The summed E-state index contributed by atoms with van der Waals surface area (Å²) in [6.07, 6.45) is 14.2. The van der Waals surface area contributed by atoms with Crippen LogP contribution in [-0.2, 0) is 19.1 Å². The molecule has 0 aliphatic heterocycles. The molecule has 0 aromatic heterocycles. The maximum absolute atomic E-state index is 11.7. The van der Waals surface area contributed by atoms with Gasteiger partial charge in [-0.3, -0.25) is 18.4 Å². The fourth-order valence-corrected chi connectivity index (χ4v) is 3.18. The van der Waals surface area contributed by atoms with Crippen LogP contribution in [0, 0.1) is 0 Å². The van der Waals surface area contributed by atoms with Crippen molar-refractivity contribution >= 4 is 24.3 Å². The molecule has 0 heterocycles. The molecule has 248 valence electrons. The highest BCUT2D eigenvalue weighted by Gasteiger charge is 2.16. The van der Waals surface area contributed by atoms with E-state index in [4.69, 9.17) is 20.3 Å². The lowest BCUT2D eigenvalue weighted by molar-refractivity contribution is -0.156. The minimum Gasteiger partial charge on any atom is -0.460 e. The highest BCUT2D eigenvalue weighted by atomic mass is 35.5. The zero-order valence-electron chi connectivity index (χ0n) is 26.0. The topological polar surface area (TPSA) is 98.8 Å². The van der Waals surface area contributed by atoms with Gasteiger partial charge in [-0.1, -0.05) is 58.8 Å². The second-order valence-electron chi connectivity index (χ2n) is 11.5. The second-order valence-corrected chi connectivity index (χ2v) is 11.5. The number of carbonyl (C=O) groups is 2. The Morgan fingerprint density at radius 1 is 0.625 bits per heavy atom. The standard InChI is InChI=1S/C12H23FO2.C12H24O3.C6H14FN.CH4.ClH.H2/c2*1-12(2,3)15-11(14)9-7-5-4-6-8-10-13;7-5-3-1-2-4-6-8;;;/h4-10H2,1-3H3;13H,4-10H2,1-3H3;1-6,8H2;1H4;2*1H/i;;;;;1+1. The number of carbonyl (C=O) groups excluding carboxylic acids is 2. The van der Waals surface area contributed by atoms with E-state index in [0.29, 0.717) is 25.7 Å². The Labute approximate surface area is 253 Å². The summed E-state index contributed by atoms with van der Waals surface area (Å²) in [7, 11) is 0. The SMILES string of the molecule is C.CC(C)(C)OC(=O)CCCCCCCF.CC(C)(C)OC(=O)CCCCCCCO.Cl.NCCCCCCF.[2HH]. The fraction of sp³-hybridized carbons (Fsp3) is 0.935. The molecule has 0 bridgehead atoms. The summed E-state index contributed by atoms with van der Waals surface area (Å²) in [5.74, 6) is -0.238. The average molecular weight is 609 g/mol. The minimum atomic E-state index is -0.384. The molecule has 0 unspecified atom stereocenters. The summed E-state index contributed by atoms with van der Waals surface area (Å²) in [6, 6.07) is 0. The number of hydrogen-bond donors (Lipinski definition) is 2. The van der Waals surface area contributed by atoms with Crippen molar-refractivity contribution < 1.29 is 34.4 Å². The number of rotatable bonds is 19. The minimum absolute atomic E-state index is 0. The van der Waals surface area contributed by atoms with Crippen molar-refractivity contribution in [2.45, 2.75) is 163 Å². The first-order valence-corrected chi connectivity index (χ1v) is 14.7. The number of esters is 2. The molecule has 0 aromatic rings. The summed E-state index contributed by atoms with van der Waals surface area (Å²) < 4.78 is 33.5. The van der Waals surface area contributed by atoms with Crippen molar-refractivity contribution in [3.05, 3.63) is 0 Å². The number of aliphatic hydroxyl groups excluding tert-OH is 1. The molecule has 0 aliphatic carbocycles. The predicted molar refractivity (Wildman–Crippen MR) is 170 cm³/mol. The number of hydrogen-bond acceptors (Lipinski definition) is 6. The van der Waals surface area contributed by atoms with Gasteiger partial charge >= 0.3 is 11.9 Å². The van der Waals surface area contributed by atoms with E-state index in [9.17, 15) is 18.4 Å². The van der Waals surface area contributed by atoms with Crippen molar-refractivity contribution in [3.8, 4) is 0 Å². The van der Waals surface area contributed by atoms with E-state index in [1.54, 1.807) is 0 Å². The lowest BCUT2D eigenvalue weighted by Crippen LogP contribution is -2.23. The van der Waals surface area contributed by atoms with Crippen molar-refractivity contribution in [1.82, 2.24) is 0 Å². The Hall–Kier alpha value is -0.990. The largest absolute Gasteiger partial charge is 0.460 e. The van der Waals surface area contributed by atoms with E-state index in [1.807, 2.05) is 41.5 Å². The van der Waals surface area contributed by atoms with Gasteiger partial charge in [0, 0.05) is 20.9 Å². The number of aliphatic hydroxyl groups is 1. The van der Waals surface area contributed by atoms with Crippen LogP contribution in [0.25, 0.3) is 0 Å². The molecule has 0 amide bonds. The summed E-state index contributed by atoms with van der Waals surface area (Å²) in [6.45, 7) is 11.9. The lowest BCUT2D eigenvalue weighted by atomic mass is 10.1. The van der Waals surface area contributed by atoms with Crippen LogP contribution >= 0.6 is 12.4 Å². The van der Waals surface area contributed by atoms with Gasteiger partial charge in [0.25, 0.3) is 0 Å². The van der Waals surface area contributed by atoms with Crippen molar-refractivity contribution in [3.63, 3.8) is 0 Å². The van der Waals surface area contributed by atoms with Gasteiger partial charge in [0.05, 0.1) is 13.3 Å². The van der Waals surface area contributed by atoms with Gasteiger partial charge in [-0.25, -0.2) is 0 Å². The summed E-state index contributed by atoms with van der Waals surface area (Å²) in [4.78, 5) is 22.6. The van der Waals surface area contributed by atoms with Crippen LogP contribution < -0.4 is 5.73 Å². The molecular weight excluding hydrogens is 540 g/mol. The quantitative estimate of drug-likeness (QED) is 0.112. The van der Waals surface area contributed by atoms with Crippen LogP contribution in [-0.4, -0.2) is 54.7 Å². The highest BCUT2D eigenvalue weighted by molar-refractivity contribution is 5.85. The third-order valence-corrected chi connectivity index (χ3v) is 4.98.